The fourth-order valence-electron chi connectivity index (χ4n) is 2.23. The molecular formula is C19H16FN3O4S. The summed E-state index contributed by atoms with van der Waals surface area (Å²) >= 11 is 1.06. The quantitative estimate of drug-likeness (QED) is 0.475. The molecule has 0 aliphatic heterocycles. The normalized spacial score (nSPS) is 10.5. The lowest BCUT2D eigenvalue weighted by Gasteiger charge is -2.05. The molecule has 1 amide bonds. The van der Waals surface area contributed by atoms with Gasteiger partial charge in [0.15, 0.2) is 0 Å². The van der Waals surface area contributed by atoms with Crippen molar-refractivity contribution in [3.8, 4) is 11.5 Å². The second-order valence-electron chi connectivity index (χ2n) is 5.52. The van der Waals surface area contributed by atoms with Crippen molar-refractivity contribution in [2.75, 3.05) is 17.7 Å². The van der Waals surface area contributed by atoms with Crippen LogP contribution in [0.15, 0.2) is 58.2 Å². The Hall–Kier alpha value is -3.20. The SMILES string of the molecule is CCOC(=O)c1ccc(NC(=O)CSc2nnc(-c3cccc(F)c3)o2)cc1. The van der Waals surface area contributed by atoms with Crippen molar-refractivity contribution in [3.05, 3.63) is 59.9 Å². The molecular weight excluding hydrogens is 385 g/mol. The molecule has 0 fully saturated rings. The standard InChI is InChI=1S/C19H16FN3O4S/c1-2-26-18(25)12-6-8-15(9-7-12)21-16(24)11-28-19-23-22-17(27-19)13-4-3-5-14(20)10-13/h3-10H,2,11H2,1H3,(H,21,24). The van der Waals surface area contributed by atoms with E-state index in [1.165, 1.54) is 12.1 Å². The molecule has 3 rings (SSSR count). The van der Waals surface area contributed by atoms with Crippen LogP contribution in [0, 0.1) is 5.82 Å². The van der Waals surface area contributed by atoms with Crippen molar-refractivity contribution in [1.29, 1.82) is 0 Å². The highest BCUT2D eigenvalue weighted by Crippen LogP contribution is 2.23. The van der Waals surface area contributed by atoms with E-state index < -0.39 is 11.8 Å². The highest BCUT2D eigenvalue weighted by Gasteiger charge is 2.12. The van der Waals surface area contributed by atoms with Gasteiger partial charge in [-0.15, -0.1) is 10.2 Å². The molecule has 1 N–H and O–H groups in total. The number of rotatable bonds is 7. The molecule has 0 atom stereocenters. The van der Waals surface area contributed by atoms with Crippen LogP contribution in [-0.2, 0) is 9.53 Å². The van der Waals surface area contributed by atoms with Crippen LogP contribution in [-0.4, -0.2) is 34.4 Å². The number of amides is 1. The van der Waals surface area contributed by atoms with Gasteiger partial charge in [0.2, 0.25) is 11.8 Å². The lowest BCUT2D eigenvalue weighted by molar-refractivity contribution is -0.113. The largest absolute Gasteiger partial charge is 0.462 e. The molecule has 0 aliphatic carbocycles. The Labute approximate surface area is 164 Å². The van der Waals surface area contributed by atoms with Gasteiger partial charge < -0.3 is 14.5 Å². The van der Waals surface area contributed by atoms with Crippen molar-refractivity contribution < 1.29 is 23.1 Å². The number of ether oxygens (including phenoxy) is 1. The third-order valence-electron chi connectivity index (χ3n) is 3.48. The Morgan fingerprint density at radius 2 is 1.96 bits per heavy atom. The second kappa shape index (κ2) is 9.14. The van der Waals surface area contributed by atoms with Gasteiger partial charge in [0, 0.05) is 11.3 Å². The molecule has 3 aromatic rings. The molecule has 0 saturated heterocycles. The van der Waals surface area contributed by atoms with Gasteiger partial charge in [-0.3, -0.25) is 4.79 Å². The van der Waals surface area contributed by atoms with E-state index in [0.717, 1.165) is 11.8 Å². The predicted octanol–water partition coefficient (Wildman–Crippen LogP) is 3.78. The molecule has 0 spiro atoms. The van der Waals surface area contributed by atoms with Crippen molar-refractivity contribution in [2.24, 2.45) is 0 Å². The fraction of sp³-hybridized carbons (Fsp3) is 0.158. The summed E-state index contributed by atoms with van der Waals surface area (Å²) in [5.41, 5.74) is 1.42. The van der Waals surface area contributed by atoms with Gasteiger partial charge in [0.1, 0.15) is 5.82 Å². The number of hydrogen-bond donors (Lipinski definition) is 1. The molecule has 0 unspecified atom stereocenters. The summed E-state index contributed by atoms with van der Waals surface area (Å²) in [4.78, 5) is 23.7. The average molecular weight is 401 g/mol. The summed E-state index contributed by atoms with van der Waals surface area (Å²) in [6.45, 7) is 2.03. The Balaban J connectivity index is 1.53. The Morgan fingerprint density at radius 1 is 1.18 bits per heavy atom. The molecule has 0 bridgehead atoms. The topological polar surface area (TPSA) is 94.3 Å². The molecule has 0 aliphatic rings. The van der Waals surface area contributed by atoms with Crippen LogP contribution in [0.1, 0.15) is 17.3 Å². The monoisotopic (exact) mass is 401 g/mol. The van der Waals surface area contributed by atoms with Crippen LogP contribution in [0.25, 0.3) is 11.5 Å². The fourth-order valence-corrected chi connectivity index (χ4v) is 2.80. The van der Waals surface area contributed by atoms with E-state index in [1.54, 1.807) is 43.3 Å². The number of halogens is 1. The van der Waals surface area contributed by atoms with Gasteiger partial charge in [-0.2, -0.15) is 0 Å². The second-order valence-corrected chi connectivity index (χ2v) is 6.44. The highest BCUT2D eigenvalue weighted by atomic mass is 32.2. The maximum absolute atomic E-state index is 13.3. The minimum absolute atomic E-state index is 0.0460. The zero-order valence-corrected chi connectivity index (χ0v) is 15.7. The average Bonchev–Trinajstić information content (AvgIpc) is 3.16. The minimum atomic E-state index is -0.415. The molecule has 144 valence electrons. The van der Waals surface area contributed by atoms with Gasteiger partial charge in [-0.25, -0.2) is 9.18 Å². The van der Waals surface area contributed by atoms with E-state index in [4.69, 9.17) is 9.15 Å². The van der Waals surface area contributed by atoms with Gasteiger partial charge in [0.25, 0.3) is 5.22 Å². The third kappa shape index (κ3) is 5.17. The first-order valence-corrected chi connectivity index (χ1v) is 9.33. The Kier molecular flexibility index (Phi) is 6.38. The molecule has 28 heavy (non-hydrogen) atoms. The van der Waals surface area contributed by atoms with E-state index in [2.05, 4.69) is 15.5 Å². The van der Waals surface area contributed by atoms with E-state index in [-0.39, 0.29) is 22.8 Å². The first-order valence-electron chi connectivity index (χ1n) is 8.34. The number of nitrogens with zero attached hydrogens (tertiary/aromatic N) is 2. The number of hydrogen-bond acceptors (Lipinski definition) is 7. The van der Waals surface area contributed by atoms with Gasteiger partial charge >= 0.3 is 5.97 Å². The number of carbonyl (C=O) groups is 2. The molecule has 2 aromatic carbocycles. The number of aromatic nitrogens is 2. The lowest BCUT2D eigenvalue weighted by Crippen LogP contribution is -2.14. The minimum Gasteiger partial charge on any atom is -0.462 e. The number of carbonyl (C=O) groups excluding carboxylic acids is 2. The van der Waals surface area contributed by atoms with Crippen molar-refractivity contribution in [3.63, 3.8) is 0 Å². The summed E-state index contributed by atoms with van der Waals surface area (Å²) in [6, 6.07) is 12.2. The third-order valence-corrected chi connectivity index (χ3v) is 4.30. The van der Waals surface area contributed by atoms with Crippen molar-refractivity contribution >= 4 is 29.3 Å². The van der Waals surface area contributed by atoms with Gasteiger partial charge in [-0.05, 0) is 49.4 Å². The number of nitrogens with one attached hydrogen (secondary N) is 1. The number of benzene rings is 2. The van der Waals surface area contributed by atoms with Crippen LogP contribution in [0.3, 0.4) is 0 Å². The van der Waals surface area contributed by atoms with E-state index in [1.807, 2.05) is 0 Å². The summed E-state index contributed by atoms with van der Waals surface area (Å²) in [5.74, 6) is -0.874. The first-order chi connectivity index (χ1) is 13.5. The predicted molar refractivity (Wildman–Crippen MR) is 101 cm³/mol. The van der Waals surface area contributed by atoms with E-state index >= 15 is 0 Å². The Morgan fingerprint density at radius 3 is 2.68 bits per heavy atom. The molecule has 1 aromatic heterocycles. The molecule has 1 heterocycles. The summed E-state index contributed by atoms with van der Waals surface area (Å²) in [6.07, 6.45) is 0. The van der Waals surface area contributed by atoms with Gasteiger partial charge in [0.05, 0.1) is 17.9 Å². The molecule has 0 radical (unpaired) electrons. The number of anilines is 1. The summed E-state index contributed by atoms with van der Waals surface area (Å²) in [5, 5.41) is 10.6. The lowest BCUT2D eigenvalue weighted by atomic mass is 10.2. The first kappa shape index (κ1) is 19.6. The maximum Gasteiger partial charge on any atom is 0.338 e. The molecule has 7 nitrogen and oxygen atoms in total. The van der Waals surface area contributed by atoms with E-state index in [0.29, 0.717) is 23.4 Å². The zero-order chi connectivity index (χ0) is 19.9. The molecule has 9 heteroatoms. The van der Waals surface area contributed by atoms with Crippen LogP contribution in [0.4, 0.5) is 10.1 Å². The smallest absolute Gasteiger partial charge is 0.338 e. The van der Waals surface area contributed by atoms with E-state index in [9.17, 15) is 14.0 Å². The van der Waals surface area contributed by atoms with Crippen LogP contribution in [0.2, 0.25) is 0 Å². The molecule has 0 saturated carbocycles. The van der Waals surface area contributed by atoms with Crippen molar-refractivity contribution in [2.45, 2.75) is 12.1 Å². The number of esters is 1. The van der Waals surface area contributed by atoms with Crippen LogP contribution >= 0.6 is 11.8 Å². The van der Waals surface area contributed by atoms with Crippen LogP contribution in [0.5, 0.6) is 0 Å². The van der Waals surface area contributed by atoms with Crippen molar-refractivity contribution in [1.82, 2.24) is 10.2 Å². The summed E-state index contributed by atoms with van der Waals surface area (Å²) in [7, 11) is 0. The number of thioether (sulfide) groups is 1. The van der Waals surface area contributed by atoms with Crippen LogP contribution < -0.4 is 5.32 Å². The maximum atomic E-state index is 13.3. The highest BCUT2D eigenvalue weighted by molar-refractivity contribution is 7.99. The Bertz CT molecular complexity index is 975. The van der Waals surface area contributed by atoms with Gasteiger partial charge in [-0.1, -0.05) is 17.8 Å². The summed E-state index contributed by atoms with van der Waals surface area (Å²) < 4.78 is 23.6. The zero-order valence-electron chi connectivity index (χ0n) is 14.8.